The van der Waals surface area contributed by atoms with Crippen LogP contribution < -0.4 is 0 Å². The van der Waals surface area contributed by atoms with Gasteiger partial charge in [-0.05, 0) is 78.7 Å². The van der Waals surface area contributed by atoms with Crippen LogP contribution in [0.5, 0.6) is 0 Å². The number of thiophene rings is 1. The minimum Gasteiger partial charge on any atom is -0.501 e. The molecule has 0 fully saturated rings. The molecular weight excluding hydrogens is 725 g/mol. The fourth-order valence-corrected chi connectivity index (χ4v) is 6.35. The molecule has 0 unspecified atom stereocenters. The summed E-state index contributed by atoms with van der Waals surface area (Å²) in [5, 5.41) is 3.62. The molecule has 3 aromatic carbocycles. The van der Waals surface area contributed by atoms with E-state index in [0.29, 0.717) is 0 Å². The Morgan fingerprint density at radius 3 is 2.37 bits per heavy atom. The molecule has 0 aliphatic heterocycles. The Morgan fingerprint density at radius 1 is 0.837 bits per heavy atom. The number of rotatable bonds is 3. The van der Waals surface area contributed by atoms with Crippen molar-refractivity contribution in [3.8, 4) is 22.5 Å². The Hall–Kier alpha value is -3.63. The van der Waals surface area contributed by atoms with E-state index < -0.39 is 0 Å². The van der Waals surface area contributed by atoms with Crippen molar-refractivity contribution in [3.63, 3.8) is 0 Å². The monoisotopic (exact) mass is 759 g/mol. The third-order valence-corrected chi connectivity index (χ3v) is 8.37. The maximum atomic E-state index is 6.36. The maximum absolute atomic E-state index is 6.36. The van der Waals surface area contributed by atoms with E-state index in [1.807, 2.05) is 67.1 Å². The third-order valence-electron chi connectivity index (χ3n) is 7.29. The molecule has 0 N–H and O–H groups in total. The van der Waals surface area contributed by atoms with E-state index in [0.717, 1.165) is 45.5 Å². The number of nitrogens with zero attached hydrogens (tertiary/aromatic N) is 2. The van der Waals surface area contributed by atoms with Crippen molar-refractivity contribution in [2.24, 2.45) is 5.41 Å². The predicted molar refractivity (Wildman–Crippen MR) is 177 cm³/mol. The number of aromatic nitrogens is 2. The van der Waals surface area contributed by atoms with Crippen LogP contribution in [0.4, 0.5) is 0 Å². The molecule has 0 aliphatic carbocycles. The minimum absolute atomic E-state index is 0. The van der Waals surface area contributed by atoms with Gasteiger partial charge in [-0.2, -0.15) is 0 Å². The average molecular weight is 759 g/mol. The van der Waals surface area contributed by atoms with Gasteiger partial charge in [-0.25, -0.2) is 0 Å². The summed E-state index contributed by atoms with van der Waals surface area (Å²) in [6.07, 6.45) is 4.86. The van der Waals surface area contributed by atoms with E-state index >= 15 is 0 Å². The van der Waals surface area contributed by atoms with Crippen LogP contribution in [0.25, 0.3) is 54.5 Å². The van der Waals surface area contributed by atoms with Crippen LogP contribution in [-0.2, 0) is 26.5 Å². The van der Waals surface area contributed by atoms with Gasteiger partial charge in [0.25, 0.3) is 0 Å². The molecule has 219 valence electrons. The van der Waals surface area contributed by atoms with Crippen LogP contribution >= 0.6 is 11.3 Å². The predicted octanol–water partition coefficient (Wildman–Crippen LogP) is 10.7. The smallest absolute Gasteiger partial charge is 0.122 e. The molecular formula is C38H34IrN2OS-2. The summed E-state index contributed by atoms with van der Waals surface area (Å²) in [6, 6.07) is 31.3. The molecule has 43 heavy (non-hydrogen) atoms. The van der Waals surface area contributed by atoms with Gasteiger partial charge in [-0.15, -0.1) is 65.4 Å². The molecule has 0 spiro atoms. The normalized spacial score (nSPS) is 11.4. The number of fused-ring (bicyclic) bond motifs is 5. The number of pyridine rings is 2. The average Bonchev–Trinajstić information content (AvgIpc) is 3.54. The second kappa shape index (κ2) is 12.5. The van der Waals surface area contributed by atoms with E-state index in [-0.39, 0.29) is 25.5 Å². The quantitative estimate of drug-likeness (QED) is 0.169. The molecule has 0 saturated carbocycles. The summed E-state index contributed by atoms with van der Waals surface area (Å²) >= 11 is 1.83. The van der Waals surface area contributed by atoms with E-state index in [2.05, 4.69) is 88.1 Å². The van der Waals surface area contributed by atoms with E-state index in [9.17, 15) is 0 Å². The SMILES string of the molecule is Cc1cc2ccc3oc4c(-c5cc(CC(C)(C)C)c(C)cn5)[c-]ccc4c3c2s1.Cc1ccc(-c2[c-]cccc2)nc1.[Ir]. The Bertz CT molecular complexity index is 2020. The van der Waals surface area contributed by atoms with Crippen LogP contribution in [0.3, 0.4) is 0 Å². The van der Waals surface area contributed by atoms with Gasteiger partial charge < -0.3 is 14.4 Å². The molecule has 5 heteroatoms. The Kier molecular flexibility index (Phi) is 8.99. The van der Waals surface area contributed by atoms with Gasteiger partial charge in [0.1, 0.15) is 5.58 Å². The van der Waals surface area contributed by atoms with Crippen LogP contribution in [0.15, 0.2) is 89.6 Å². The van der Waals surface area contributed by atoms with E-state index in [1.165, 1.54) is 37.0 Å². The molecule has 4 aromatic heterocycles. The Balaban J connectivity index is 0.000000221. The third kappa shape index (κ3) is 6.65. The molecule has 0 aliphatic rings. The van der Waals surface area contributed by atoms with E-state index in [4.69, 9.17) is 9.40 Å². The number of benzene rings is 3. The van der Waals surface area contributed by atoms with Gasteiger partial charge in [0.15, 0.2) is 0 Å². The number of hydrogen-bond acceptors (Lipinski definition) is 4. The second-order valence-electron chi connectivity index (χ2n) is 12.1. The summed E-state index contributed by atoms with van der Waals surface area (Å²) in [6.45, 7) is 13.1. The summed E-state index contributed by atoms with van der Waals surface area (Å²) in [7, 11) is 0. The van der Waals surface area contributed by atoms with Crippen molar-refractivity contribution in [2.45, 2.75) is 48.0 Å². The summed E-state index contributed by atoms with van der Waals surface area (Å²) in [5.41, 5.74) is 9.66. The summed E-state index contributed by atoms with van der Waals surface area (Å²) < 4.78 is 7.65. The number of aryl methyl sites for hydroxylation is 3. The van der Waals surface area contributed by atoms with Crippen LogP contribution in [0.2, 0.25) is 0 Å². The first-order valence-electron chi connectivity index (χ1n) is 14.3. The fourth-order valence-electron chi connectivity index (χ4n) is 5.28. The van der Waals surface area contributed by atoms with Crippen LogP contribution in [0.1, 0.15) is 42.3 Å². The zero-order valence-electron chi connectivity index (χ0n) is 25.3. The Labute approximate surface area is 271 Å². The number of hydrogen-bond donors (Lipinski definition) is 0. The van der Waals surface area contributed by atoms with Crippen molar-refractivity contribution < 1.29 is 24.5 Å². The van der Waals surface area contributed by atoms with Gasteiger partial charge in [0.2, 0.25) is 0 Å². The van der Waals surface area contributed by atoms with Gasteiger partial charge in [0, 0.05) is 47.5 Å². The van der Waals surface area contributed by atoms with Gasteiger partial charge in [-0.1, -0.05) is 55.5 Å². The molecule has 0 amide bonds. The molecule has 0 bridgehead atoms. The molecule has 0 saturated heterocycles. The van der Waals surface area contributed by atoms with Crippen molar-refractivity contribution in [3.05, 3.63) is 119 Å². The van der Waals surface area contributed by atoms with Crippen molar-refractivity contribution in [2.75, 3.05) is 0 Å². The maximum Gasteiger partial charge on any atom is 0.122 e. The minimum atomic E-state index is 0. The Morgan fingerprint density at radius 2 is 1.65 bits per heavy atom. The van der Waals surface area contributed by atoms with Gasteiger partial charge in [0.05, 0.1) is 5.58 Å². The first-order valence-corrected chi connectivity index (χ1v) is 15.1. The van der Waals surface area contributed by atoms with Crippen molar-refractivity contribution in [1.82, 2.24) is 9.97 Å². The first-order chi connectivity index (χ1) is 20.2. The largest absolute Gasteiger partial charge is 0.501 e. The summed E-state index contributed by atoms with van der Waals surface area (Å²) in [5.74, 6) is 0. The van der Waals surface area contributed by atoms with Gasteiger partial charge in [-0.3, -0.25) is 0 Å². The molecule has 0 atom stereocenters. The first kappa shape index (κ1) is 30.8. The molecule has 7 aromatic rings. The molecule has 1 radical (unpaired) electrons. The summed E-state index contributed by atoms with van der Waals surface area (Å²) in [4.78, 5) is 10.4. The molecule has 7 rings (SSSR count). The zero-order valence-corrected chi connectivity index (χ0v) is 28.5. The number of furan rings is 1. The van der Waals surface area contributed by atoms with Crippen LogP contribution in [-0.4, -0.2) is 9.97 Å². The van der Waals surface area contributed by atoms with Gasteiger partial charge >= 0.3 is 0 Å². The van der Waals surface area contributed by atoms with E-state index in [1.54, 1.807) is 0 Å². The second-order valence-corrected chi connectivity index (χ2v) is 13.4. The topological polar surface area (TPSA) is 38.9 Å². The zero-order chi connectivity index (χ0) is 29.4. The van der Waals surface area contributed by atoms with Crippen molar-refractivity contribution >= 4 is 43.4 Å². The van der Waals surface area contributed by atoms with Crippen LogP contribution in [0, 0.1) is 38.3 Å². The standard InChI is InChI=1S/C26H24NOS.C12H10N.Ir/c1-15-14-27-21(12-18(15)13-26(3,4)5)19-7-6-8-20-23-22(28-24(19)20)10-9-17-11-16(2)29-25(17)23;1-10-7-8-12(13-9-10)11-5-3-2-4-6-11;/h6,8-12,14H,13H2,1-5H3;2-5,7-9H,1H3;/q2*-1;. The molecule has 3 nitrogen and oxygen atoms in total. The molecule has 4 heterocycles. The van der Waals surface area contributed by atoms with Crippen molar-refractivity contribution in [1.29, 1.82) is 0 Å². The fraction of sp³-hybridized carbons (Fsp3) is 0.211.